The van der Waals surface area contributed by atoms with E-state index in [-0.39, 0.29) is 11.8 Å². The number of anilines is 1. The third-order valence-corrected chi connectivity index (χ3v) is 5.30. The first-order valence-electron chi connectivity index (χ1n) is 10.1. The molecule has 1 fully saturated rings. The number of hydrogen-bond acceptors (Lipinski definition) is 3. The van der Waals surface area contributed by atoms with E-state index in [4.69, 9.17) is 4.74 Å². The van der Waals surface area contributed by atoms with Gasteiger partial charge in [0.25, 0.3) is 0 Å². The Kier molecular flexibility index (Phi) is 5.80. The van der Waals surface area contributed by atoms with E-state index in [1.165, 1.54) is 0 Å². The molecule has 2 amide bonds. The second kappa shape index (κ2) is 8.82. The van der Waals surface area contributed by atoms with E-state index in [9.17, 15) is 9.59 Å². The summed E-state index contributed by atoms with van der Waals surface area (Å²) < 4.78 is 5.82. The van der Waals surface area contributed by atoms with Crippen molar-refractivity contribution in [3.05, 3.63) is 90.5 Å². The first-order valence-corrected chi connectivity index (χ1v) is 10.1. The summed E-state index contributed by atoms with van der Waals surface area (Å²) in [6.45, 7) is 2.79. The molecule has 30 heavy (non-hydrogen) atoms. The van der Waals surface area contributed by atoms with Gasteiger partial charge in [-0.15, -0.1) is 0 Å². The van der Waals surface area contributed by atoms with E-state index in [1.807, 2.05) is 84.9 Å². The number of piperazine rings is 1. The van der Waals surface area contributed by atoms with Crippen LogP contribution in [0.5, 0.6) is 11.5 Å². The largest absolute Gasteiger partial charge is 0.457 e. The minimum absolute atomic E-state index is 0.0201. The number of nitrogens with zero attached hydrogens (tertiary/aromatic N) is 2. The van der Waals surface area contributed by atoms with Crippen molar-refractivity contribution in [1.82, 2.24) is 4.90 Å². The lowest BCUT2D eigenvalue weighted by Crippen LogP contribution is -2.58. The van der Waals surface area contributed by atoms with Crippen LogP contribution in [0.15, 0.2) is 84.9 Å². The molecule has 1 heterocycles. The zero-order valence-corrected chi connectivity index (χ0v) is 16.9. The summed E-state index contributed by atoms with van der Waals surface area (Å²) in [5, 5.41) is 0. The van der Waals surface area contributed by atoms with E-state index < -0.39 is 6.04 Å². The van der Waals surface area contributed by atoms with Crippen LogP contribution < -0.4 is 9.64 Å². The van der Waals surface area contributed by atoms with Crippen LogP contribution in [0.25, 0.3) is 0 Å². The first kappa shape index (κ1) is 19.7. The van der Waals surface area contributed by atoms with Gasteiger partial charge in [-0.25, -0.2) is 0 Å². The van der Waals surface area contributed by atoms with Crippen LogP contribution in [-0.2, 0) is 16.0 Å². The van der Waals surface area contributed by atoms with Gasteiger partial charge in [0.05, 0.1) is 6.42 Å². The molecule has 0 radical (unpaired) electrons. The van der Waals surface area contributed by atoms with Crippen molar-refractivity contribution in [2.24, 2.45) is 0 Å². The quantitative estimate of drug-likeness (QED) is 0.642. The van der Waals surface area contributed by atoms with Crippen LogP contribution in [0.4, 0.5) is 5.69 Å². The summed E-state index contributed by atoms with van der Waals surface area (Å²) in [6, 6.07) is 26.2. The highest BCUT2D eigenvalue weighted by Crippen LogP contribution is 2.26. The fourth-order valence-corrected chi connectivity index (χ4v) is 3.66. The van der Waals surface area contributed by atoms with Gasteiger partial charge in [0.2, 0.25) is 11.8 Å². The summed E-state index contributed by atoms with van der Waals surface area (Å²) in [6.07, 6.45) is 0.310. The van der Waals surface area contributed by atoms with Crippen molar-refractivity contribution in [3.8, 4) is 11.5 Å². The molecule has 1 aliphatic heterocycles. The Hall–Kier alpha value is -3.60. The van der Waals surface area contributed by atoms with E-state index in [0.717, 1.165) is 17.0 Å². The molecule has 0 spiro atoms. The van der Waals surface area contributed by atoms with Gasteiger partial charge in [0, 0.05) is 18.8 Å². The Morgan fingerprint density at radius 1 is 0.867 bits per heavy atom. The van der Waals surface area contributed by atoms with Crippen LogP contribution in [0.3, 0.4) is 0 Å². The number of benzene rings is 3. The lowest BCUT2D eigenvalue weighted by atomic mass is 10.1. The van der Waals surface area contributed by atoms with Gasteiger partial charge in [0.15, 0.2) is 0 Å². The molecule has 4 rings (SSSR count). The Labute approximate surface area is 176 Å². The van der Waals surface area contributed by atoms with E-state index in [1.54, 1.807) is 16.7 Å². The SMILES string of the molecule is C[C@@H]1C(=O)N(c2ccc(Oc3ccccc3)cc2)CCN1C(=O)Cc1ccccc1. The minimum atomic E-state index is -0.491. The van der Waals surface area contributed by atoms with Gasteiger partial charge >= 0.3 is 0 Å². The first-order chi connectivity index (χ1) is 14.6. The van der Waals surface area contributed by atoms with Gasteiger partial charge in [-0.05, 0) is 48.9 Å². The Morgan fingerprint density at radius 2 is 1.47 bits per heavy atom. The van der Waals surface area contributed by atoms with Gasteiger partial charge in [-0.2, -0.15) is 0 Å². The maximum Gasteiger partial charge on any atom is 0.249 e. The number of ether oxygens (including phenoxy) is 1. The molecule has 5 heteroatoms. The average molecular weight is 400 g/mol. The van der Waals surface area contributed by atoms with Crippen molar-refractivity contribution in [2.75, 3.05) is 18.0 Å². The molecule has 1 aliphatic rings. The van der Waals surface area contributed by atoms with E-state index >= 15 is 0 Å². The summed E-state index contributed by atoms with van der Waals surface area (Å²) in [5.74, 6) is 1.38. The highest BCUT2D eigenvalue weighted by molar-refractivity contribution is 6.00. The zero-order valence-electron chi connectivity index (χ0n) is 16.9. The second-order valence-electron chi connectivity index (χ2n) is 7.32. The van der Waals surface area contributed by atoms with Crippen molar-refractivity contribution in [1.29, 1.82) is 0 Å². The van der Waals surface area contributed by atoms with Gasteiger partial charge in [-0.1, -0.05) is 48.5 Å². The number of carbonyl (C=O) groups is 2. The van der Waals surface area contributed by atoms with E-state index in [2.05, 4.69) is 0 Å². The molecule has 0 saturated carbocycles. The number of hydrogen-bond donors (Lipinski definition) is 0. The molecular formula is C25H24N2O3. The molecule has 0 unspecified atom stereocenters. The van der Waals surface area contributed by atoms with Gasteiger partial charge in [-0.3, -0.25) is 9.59 Å². The lowest BCUT2D eigenvalue weighted by Gasteiger charge is -2.39. The lowest BCUT2D eigenvalue weighted by molar-refractivity contribution is -0.140. The maximum atomic E-state index is 13.0. The standard InChI is InChI=1S/C25H24N2O3/c1-19-25(29)27(17-16-26(19)24(28)18-20-8-4-2-5-9-20)21-12-14-23(15-13-21)30-22-10-6-3-7-11-22/h2-15,19H,16-18H2,1H3/t19-/m1/s1. The topological polar surface area (TPSA) is 49.9 Å². The monoisotopic (exact) mass is 400 g/mol. The summed E-state index contributed by atoms with van der Waals surface area (Å²) >= 11 is 0. The van der Waals surface area contributed by atoms with Crippen LogP contribution in [0.2, 0.25) is 0 Å². The van der Waals surface area contributed by atoms with Crippen LogP contribution in [0.1, 0.15) is 12.5 Å². The minimum Gasteiger partial charge on any atom is -0.457 e. The van der Waals surface area contributed by atoms with Crippen LogP contribution >= 0.6 is 0 Å². The smallest absolute Gasteiger partial charge is 0.249 e. The van der Waals surface area contributed by atoms with Gasteiger partial charge in [0.1, 0.15) is 17.5 Å². The highest BCUT2D eigenvalue weighted by atomic mass is 16.5. The molecule has 0 aliphatic carbocycles. The maximum absolute atomic E-state index is 13.0. The van der Waals surface area contributed by atoms with Crippen LogP contribution in [-0.4, -0.2) is 35.8 Å². The Bertz CT molecular complexity index is 1000. The summed E-state index contributed by atoms with van der Waals surface area (Å²) in [5.41, 5.74) is 1.76. The molecular weight excluding hydrogens is 376 g/mol. The van der Waals surface area contributed by atoms with Crippen molar-refractivity contribution < 1.29 is 14.3 Å². The summed E-state index contributed by atoms with van der Waals surface area (Å²) in [7, 11) is 0. The zero-order chi connectivity index (χ0) is 20.9. The third kappa shape index (κ3) is 4.35. The predicted octanol–water partition coefficient (Wildman–Crippen LogP) is 4.29. The van der Waals surface area contributed by atoms with Crippen molar-refractivity contribution in [3.63, 3.8) is 0 Å². The Balaban J connectivity index is 1.40. The molecule has 0 bridgehead atoms. The average Bonchev–Trinajstić information content (AvgIpc) is 2.78. The molecule has 1 saturated heterocycles. The normalized spacial score (nSPS) is 16.4. The molecule has 1 atom stereocenters. The number of rotatable bonds is 5. The highest BCUT2D eigenvalue weighted by Gasteiger charge is 2.34. The van der Waals surface area contributed by atoms with Crippen LogP contribution in [0, 0.1) is 0 Å². The van der Waals surface area contributed by atoms with Gasteiger partial charge < -0.3 is 14.5 Å². The fourth-order valence-electron chi connectivity index (χ4n) is 3.66. The molecule has 0 aromatic heterocycles. The Morgan fingerprint density at radius 3 is 2.13 bits per heavy atom. The third-order valence-electron chi connectivity index (χ3n) is 5.30. The number of carbonyl (C=O) groups excluding carboxylic acids is 2. The predicted molar refractivity (Wildman–Crippen MR) is 117 cm³/mol. The summed E-state index contributed by atoms with van der Waals surface area (Å²) in [4.78, 5) is 29.1. The molecule has 152 valence electrons. The van der Waals surface area contributed by atoms with E-state index in [0.29, 0.717) is 25.3 Å². The van der Waals surface area contributed by atoms with Crippen molar-refractivity contribution in [2.45, 2.75) is 19.4 Å². The number of amides is 2. The fraction of sp³-hybridized carbons (Fsp3) is 0.200. The second-order valence-corrected chi connectivity index (χ2v) is 7.32. The molecule has 3 aromatic carbocycles. The van der Waals surface area contributed by atoms with Crippen molar-refractivity contribution >= 4 is 17.5 Å². The molecule has 5 nitrogen and oxygen atoms in total. The number of para-hydroxylation sites is 1. The molecule has 3 aromatic rings. The molecule has 0 N–H and O–H groups in total.